The number of methoxy groups -OCH3 is 2. The molecule has 10 heteroatoms. The second-order valence-electron chi connectivity index (χ2n) is 11.0. The first kappa shape index (κ1) is 26.2. The first-order valence-electron chi connectivity index (χ1n) is 13.9. The quantitative estimate of drug-likeness (QED) is 0.294. The third kappa shape index (κ3) is 3.75. The number of benzene rings is 3. The SMILES string of the molecule is COc1ccc(CCN2C(=O)[C@@H]3C(Cc4c[nH]c5ccccc45)NC4(C(=O)Nc5ccc(F)cc54)[C@@H]3C2=O)cc1OC. The molecule has 2 unspecified atom stereocenters. The summed E-state index contributed by atoms with van der Waals surface area (Å²) < 4.78 is 25.3. The van der Waals surface area contributed by atoms with E-state index in [1.165, 1.54) is 23.1 Å². The lowest BCUT2D eigenvalue weighted by Crippen LogP contribution is -2.53. The summed E-state index contributed by atoms with van der Waals surface area (Å²) >= 11 is 0. The van der Waals surface area contributed by atoms with E-state index in [9.17, 15) is 18.8 Å². The molecule has 3 amide bonds. The second kappa shape index (κ2) is 9.70. The second-order valence-corrected chi connectivity index (χ2v) is 11.0. The number of carbonyl (C=O) groups is 3. The third-order valence-corrected chi connectivity index (χ3v) is 8.96. The molecule has 214 valence electrons. The minimum Gasteiger partial charge on any atom is -0.493 e. The molecule has 0 bridgehead atoms. The van der Waals surface area contributed by atoms with Crippen LogP contribution in [-0.4, -0.2) is 54.4 Å². The van der Waals surface area contributed by atoms with Crippen LogP contribution in [0.5, 0.6) is 11.5 Å². The Balaban J connectivity index is 1.26. The fourth-order valence-electron chi connectivity index (χ4n) is 7.04. The number of nitrogens with one attached hydrogen (secondary N) is 3. The Hall–Kier alpha value is -4.70. The maximum Gasteiger partial charge on any atom is 0.250 e. The summed E-state index contributed by atoms with van der Waals surface area (Å²) in [6, 6.07) is 16.8. The lowest BCUT2D eigenvalue weighted by atomic mass is 9.76. The van der Waals surface area contributed by atoms with Gasteiger partial charge in [0.1, 0.15) is 11.4 Å². The Morgan fingerprint density at radius 3 is 2.57 bits per heavy atom. The molecular weight excluding hydrogens is 539 g/mol. The van der Waals surface area contributed by atoms with Crippen molar-refractivity contribution < 1.29 is 28.2 Å². The van der Waals surface area contributed by atoms with Gasteiger partial charge in [-0.05, 0) is 60.4 Å². The largest absolute Gasteiger partial charge is 0.493 e. The Morgan fingerprint density at radius 2 is 1.76 bits per heavy atom. The van der Waals surface area contributed by atoms with Gasteiger partial charge in [-0.2, -0.15) is 0 Å². The number of aromatic nitrogens is 1. The Kier molecular flexibility index (Phi) is 6.05. The van der Waals surface area contributed by atoms with Crippen molar-refractivity contribution in [2.24, 2.45) is 11.8 Å². The molecule has 0 radical (unpaired) electrons. The number of nitrogens with zero attached hydrogens (tertiary/aromatic N) is 1. The predicted octanol–water partition coefficient (Wildman–Crippen LogP) is 3.53. The van der Waals surface area contributed by atoms with Crippen molar-refractivity contribution in [3.05, 3.63) is 89.4 Å². The van der Waals surface area contributed by atoms with Crippen molar-refractivity contribution in [3.8, 4) is 11.5 Å². The number of aromatic amines is 1. The topological polar surface area (TPSA) is 113 Å². The van der Waals surface area contributed by atoms with Crippen LogP contribution >= 0.6 is 0 Å². The molecule has 4 aromatic rings. The number of anilines is 1. The molecule has 3 aromatic carbocycles. The van der Waals surface area contributed by atoms with Gasteiger partial charge < -0.3 is 19.8 Å². The van der Waals surface area contributed by atoms with Gasteiger partial charge >= 0.3 is 0 Å². The summed E-state index contributed by atoms with van der Waals surface area (Å²) in [4.78, 5) is 46.5. The monoisotopic (exact) mass is 568 g/mol. The first-order chi connectivity index (χ1) is 20.3. The minimum absolute atomic E-state index is 0.133. The molecule has 42 heavy (non-hydrogen) atoms. The van der Waals surface area contributed by atoms with Crippen molar-refractivity contribution >= 4 is 34.3 Å². The zero-order valence-corrected chi connectivity index (χ0v) is 23.1. The molecule has 4 atom stereocenters. The normalized spacial score (nSPS) is 24.4. The van der Waals surface area contributed by atoms with Crippen LogP contribution in [0.15, 0.2) is 66.9 Å². The summed E-state index contributed by atoms with van der Waals surface area (Å²) in [5.74, 6) is -2.45. The first-order valence-corrected chi connectivity index (χ1v) is 13.9. The van der Waals surface area contributed by atoms with E-state index in [4.69, 9.17) is 9.47 Å². The van der Waals surface area contributed by atoms with Crippen molar-refractivity contribution in [2.45, 2.75) is 24.4 Å². The Labute approximate surface area is 241 Å². The molecule has 4 heterocycles. The van der Waals surface area contributed by atoms with Crippen molar-refractivity contribution in [2.75, 3.05) is 26.1 Å². The number of carbonyl (C=O) groups excluding carboxylic acids is 3. The van der Waals surface area contributed by atoms with Crippen LogP contribution in [0.1, 0.15) is 16.7 Å². The lowest BCUT2D eigenvalue weighted by molar-refractivity contribution is -0.142. The summed E-state index contributed by atoms with van der Waals surface area (Å²) in [5.41, 5.74) is 1.99. The Bertz CT molecular complexity index is 1770. The molecule has 0 saturated carbocycles. The number of amides is 3. The molecule has 0 aliphatic carbocycles. The number of para-hydroxylation sites is 1. The number of hydrogen-bond donors (Lipinski definition) is 3. The lowest BCUT2D eigenvalue weighted by Gasteiger charge is -2.29. The maximum atomic E-state index is 14.6. The van der Waals surface area contributed by atoms with E-state index < -0.39 is 41.0 Å². The van der Waals surface area contributed by atoms with Gasteiger partial charge in [-0.15, -0.1) is 0 Å². The standard InChI is InChI=1S/C32H29FN4O5/c1-41-25-10-7-17(13-26(25)42-2)11-12-37-29(38)27-24(14-18-16-34-22-6-4-3-5-20(18)22)36-32(28(27)30(37)39)21-15-19(33)8-9-23(21)35-31(32)40/h3-10,13,15-16,24,27-28,34,36H,11-12,14H2,1-2H3,(H,35,40)/t24?,27-,28+,32?/m1/s1. The molecule has 7 rings (SSSR count). The van der Waals surface area contributed by atoms with E-state index in [1.807, 2.05) is 42.6 Å². The van der Waals surface area contributed by atoms with Crippen LogP contribution in [0.3, 0.4) is 0 Å². The van der Waals surface area contributed by atoms with E-state index in [-0.39, 0.29) is 12.5 Å². The van der Waals surface area contributed by atoms with Crippen LogP contribution in [0.25, 0.3) is 10.9 Å². The minimum atomic E-state index is -1.57. The van der Waals surface area contributed by atoms with E-state index in [2.05, 4.69) is 15.6 Å². The smallest absolute Gasteiger partial charge is 0.250 e. The van der Waals surface area contributed by atoms with Crippen molar-refractivity contribution in [1.82, 2.24) is 15.2 Å². The number of H-pyrrole nitrogens is 1. The molecule has 9 nitrogen and oxygen atoms in total. The van der Waals surface area contributed by atoms with Crippen LogP contribution in [-0.2, 0) is 32.8 Å². The maximum absolute atomic E-state index is 14.6. The van der Waals surface area contributed by atoms with Crippen LogP contribution < -0.4 is 20.1 Å². The molecule has 2 fully saturated rings. The van der Waals surface area contributed by atoms with Crippen molar-refractivity contribution in [3.63, 3.8) is 0 Å². The Morgan fingerprint density at radius 1 is 0.952 bits per heavy atom. The van der Waals surface area contributed by atoms with Gasteiger partial charge in [-0.25, -0.2) is 4.39 Å². The summed E-state index contributed by atoms with van der Waals surface area (Å²) in [6.07, 6.45) is 2.68. The molecule has 3 aliphatic heterocycles. The molecule has 1 spiro atoms. The fraction of sp³-hybridized carbons (Fsp3) is 0.281. The zero-order valence-electron chi connectivity index (χ0n) is 23.1. The van der Waals surface area contributed by atoms with Crippen LogP contribution in [0.2, 0.25) is 0 Å². The third-order valence-electron chi connectivity index (χ3n) is 8.96. The molecule has 3 N–H and O–H groups in total. The van der Waals surface area contributed by atoms with E-state index in [0.29, 0.717) is 35.6 Å². The van der Waals surface area contributed by atoms with Crippen LogP contribution in [0, 0.1) is 17.7 Å². The van der Waals surface area contributed by atoms with E-state index in [0.717, 1.165) is 22.0 Å². The van der Waals surface area contributed by atoms with Gasteiger partial charge in [-0.3, -0.25) is 24.6 Å². The summed E-state index contributed by atoms with van der Waals surface area (Å²) in [7, 11) is 3.10. The average molecular weight is 569 g/mol. The highest BCUT2D eigenvalue weighted by molar-refractivity contribution is 6.15. The number of imide groups is 1. The number of hydrogen-bond acceptors (Lipinski definition) is 6. The van der Waals surface area contributed by atoms with Gasteiger partial charge in [-0.1, -0.05) is 24.3 Å². The number of likely N-dealkylation sites (tertiary alicyclic amines) is 1. The van der Waals surface area contributed by atoms with Gasteiger partial charge in [0, 0.05) is 40.9 Å². The van der Waals surface area contributed by atoms with Gasteiger partial charge in [0.2, 0.25) is 17.7 Å². The predicted molar refractivity (Wildman–Crippen MR) is 153 cm³/mol. The number of fused-ring (bicyclic) bond motifs is 5. The molecule has 2 saturated heterocycles. The summed E-state index contributed by atoms with van der Waals surface area (Å²) in [5, 5.41) is 7.23. The highest BCUT2D eigenvalue weighted by atomic mass is 19.1. The average Bonchev–Trinajstić information content (AvgIpc) is 3.71. The summed E-state index contributed by atoms with van der Waals surface area (Å²) in [6.45, 7) is 0.133. The number of rotatable bonds is 7. The molecule has 3 aliphatic rings. The highest BCUT2D eigenvalue weighted by Crippen LogP contribution is 2.53. The number of ether oxygens (including phenoxy) is 2. The van der Waals surface area contributed by atoms with Gasteiger partial charge in [0.05, 0.1) is 26.1 Å². The highest BCUT2D eigenvalue weighted by Gasteiger charge is 2.70. The van der Waals surface area contributed by atoms with E-state index >= 15 is 0 Å². The van der Waals surface area contributed by atoms with Gasteiger partial charge in [0.25, 0.3) is 0 Å². The number of halogens is 1. The molecule has 1 aromatic heterocycles. The molecular formula is C32H29FN4O5. The fourth-order valence-corrected chi connectivity index (χ4v) is 7.04. The van der Waals surface area contributed by atoms with Gasteiger partial charge in [0.15, 0.2) is 11.5 Å². The zero-order chi connectivity index (χ0) is 29.2. The van der Waals surface area contributed by atoms with Crippen molar-refractivity contribution in [1.29, 1.82) is 0 Å². The van der Waals surface area contributed by atoms with E-state index in [1.54, 1.807) is 20.3 Å². The van der Waals surface area contributed by atoms with Crippen LogP contribution in [0.4, 0.5) is 10.1 Å².